The Bertz CT molecular complexity index is 795. The highest BCUT2D eigenvalue weighted by molar-refractivity contribution is 7.92. The van der Waals surface area contributed by atoms with Crippen LogP contribution in [0.4, 0.5) is 11.4 Å². The van der Waals surface area contributed by atoms with Crippen molar-refractivity contribution < 1.29 is 8.42 Å². The van der Waals surface area contributed by atoms with E-state index in [1.54, 1.807) is 37.2 Å². The predicted octanol–water partition coefficient (Wildman–Crippen LogP) is 1.90. The van der Waals surface area contributed by atoms with Gasteiger partial charge in [0.15, 0.2) is 0 Å². The molecule has 0 aliphatic heterocycles. The van der Waals surface area contributed by atoms with Gasteiger partial charge in [0.2, 0.25) is 5.56 Å². The van der Waals surface area contributed by atoms with Gasteiger partial charge in [-0.05, 0) is 18.2 Å². The first-order valence-electron chi connectivity index (χ1n) is 5.98. The first-order valence-corrected chi connectivity index (χ1v) is 7.85. The first kappa shape index (κ1) is 15.4. The van der Waals surface area contributed by atoms with E-state index in [0.717, 1.165) is 12.3 Å². The van der Waals surface area contributed by atoms with Crippen molar-refractivity contribution >= 4 is 33.0 Å². The number of anilines is 2. The quantitative estimate of drug-likeness (QED) is 0.898. The molecule has 0 atom stereocenters. The van der Waals surface area contributed by atoms with Crippen LogP contribution in [0.1, 0.15) is 0 Å². The Morgan fingerprint density at radius 3 is 2.48 bits per heavy atom. The maximum absolute atomic E-state index is 12.3. The minimum Gasteiger partial charge on any atom is -0.375 e. The molecular weight excluding hydrogens is 314 g/mol. The number of H-pyrrole nitrogens is 1. The van der Waals surface area contributed by atoms with Gasteiger partial charge >= 0.3 is 0 Å². The Morgan fingerprint density at radius 2 is 1.90 bits per heavy atom. The van der Waals surface area contributed by atoms with E-state index in [1.165, 1.54) is 6.07 Å². The minimum absolute atomic E-state index is 0.0354. The third-order valence-electron chi connectivity index (χ3n) is 2.74. The van der Waals surface area contributed by atoms with Crippen LogP contribution in [0.15, 0.2) is 46.2 Å². The molecule has 2 N–H and O–H groups in total. The van der Waals surface area contributed by atoms with E-state index < -0.39 is 10.0 Å². The fourth-order valence-corrected chi connectivity index (χ4v) is 3.20. The maximum Gasteiger partial charge on any atom is 0.263 e. The van der Waals surface area contributed by atoms with Crippen molar-refractivity contribution in [2.24, 2.45) is 0 Å². The van der Waals surface area contributed by atoms with Crippen LogP contribution in [0.2, 0.25) is 5.02 Å². The Morgan fingerprint density at radius 1 is 1.19 bits per heavy atom. The molecule has 1 aromatic carbocycles. The molecule has 8 heteroatoms. The van der Waals surface area contributed by atoms with E-state index in [2.05, 4.69) is 9.71 Å². The van der Waals surface area contributed by atoms with Crippen LogP contribution in [0, 0.1) is 0 Å². The van der Waals surface area contributed by atoms with Gasteiger partial charge in [-0.25, -0.2) is 8.42 Å². The highest BCUT2D eigenvalue weighted by atomic mass is 35.5. The summed E-state index contributed by atoms with van der Waals surface area (Å²) in [7, 11) is -0.282. The van der Waals surface area contributed by atoms with E-state index in [4.69, 9.17) is 11.6 Å². The van der Waals surface area contributed by atoms with Crippen LogP contribution < -0.4 is 15.2 Å². The number of nitrogens with zero attached hydrogens (tertiary/aromatic N) is 1. The van der Waals surface area contributed by atoms with Gasteiger partial charge in [0.1, 0.15) is 4.90 Å². The Kier molecular flexibility index (Phi) is 4.24. The van der Waals surface area contributed by atoms with E-state index in [0.29, 0.717) is 16.4 Å². The van der Waals surface area contributed by atoms with Crippen molar-refractivity contribution in [2.45, 2.75) is 4.90 Å². The summed E-state index contributed by atoms with van der Waals surface area (Å²) in [5, 5.41) is 0.432. The topological polar surface area (TPSA) is 82.3 Å². The number of para-hydroxylation sites is 1. The van der Waals surface area contributed by atoms with Crippen LogP contribution in [0.5, 0.6) is 0 Å². The van der Waals surface area contributed by atoms with E-state index in [1.807, 2.05) is 0 Å². The lowest BCUT2D eigenvalue weighted by molar-refractivity contribution is 0.600. The third-order valence-corrected chi connectivity index (χ3v) is 4.41. The molecule has 0 bridgehead atoms. The molecule has 1 aromatic heterocycles. The lowest BCUT2D eigenvalue weighted by atomic mass is 10.2. The van der Waals surface area contributed by atoms with Crippen molar-refractivity contribution in [3.8, 4) is 0 Å². The smallest absolute Gasteiger partial charge is 0.263 e. The summed E-state index contributed by atoms with van der Waals surface area (Å²) in [5.74, 6) is 0. The largest absolute Gasteiger partial charge is 0.375 e. The lowest BCUT2D eigenvalue weighted by Gasteiger charge is -2.19. The molecule has 0 saturated heterocycles. The van der Waals surface area contributed by atoms with E-state index >= 15 is 0 Å². The second kappa shape index (κ2) is 5.79. The van der Waals surface area contributed by atoms with Crippen LogP contribution >= 0.6 is 11.6 Å². The van der Waals surface area contributed by atoms with Gasteiger partial charge < -0.3 is 9.88 Å². The molecule has 6 nitrogen and oxygen atoms in total. The molecule has 112 valence electrons. The standard InChI is InChI=1S/C13H14ClN3O3S/c1-17(2)13-10(14)4-3-5-11(13)16-21(19,20)9-6-7-12(18)15-8-9/h3-8,16H,1-2H3,(H,15,18). The Hall–Kier alpha value is -1.99. The number of benzene rings is 1. The van der Waals surface area contributed by atoms with Crippen molar-refractivity contribution in [2.75, 3.05) is 23.7 Å². The van der Waals surface area contributed by atoms with Gasteiger partial charge in [-0.15, -0.1) is 0 Å². The van der Waals surface area contributed by atoms with Crippen molar-refractivity contribution in [3.05, 3.63) is 51.9 Å². The van der Waals surface area contributed by atoms with Crippen LogP contribution in [-0.4, -0.2) is 27.5 Å². The molecule has 1 heterocycles. The fourth-order valence-electron chi connectivity index (χ4n) is 1.82. The fraction of sp³-hybridized carbons (Fsp3) is 0.154. The predicted molar refractivity (Wildman–Crippen MR) is 83.7 cm³/mol. The van der Waals surface area contributed by atoms with Gasteiger partial charge in [-0.3, -0.25) is 9.52 Å². The number of aromatic amines is 1. The molecule has 0 amide bonds. The van der Waals surface area contributed by atoms with Gasteiger partial charge in [0.25, 0.3) is 10.0 Å². The van der Waals surface area contributed by atoms with Gasteiger partial charge in [0, 0.05) is 26.4 Å². The molecule has 0 fully saturated rings. The van der Waals surface area contributed by atoms with Crippen molar-refractivity contribution in [1.82, 2.24) is 4.98 Å². The summed E-state index contributed by atoms with van der Waals surface area (Å²) < 4.78 is 27.1. The van der Waals surface area contributed by atoms with E-state index in [9.17, 15) is 13.2 Å². The third kappa shape index (κ3) is 3.37. The summed E-state index contributed by atoms with van der Waals surface area (Å²) >= 11 is 6.10. The Labute approximate surface area is 127 Å². The lowest BCUT2D eigenvalue weighted by Crippen LogP contribution is -2.18. The van der Waals surface area contributed by atoms with Crippen LogP contribution in [0.3, 0.4) is 0 Å². The van der Waals surface area contributed by atoms with E-state index in [-0.39, 0.29) is 10.5 Å². The number of pyridine rings is 1. The molecule has 2 aromatic rings. The molecular formula is C13H14ClN3O3S. The molecule has 0 saturated carbocycles. The van der Waals surface area contributed by atoms with Crippen LogP contribution in [0.25, 0.3) is 0 Å². The average Bonchev–Trinajstić information content (AvgIpc) is 2.38. The molecule has 21 heavy (non-hydrogen) atoms. The van der Waals surface area contributed by atoms with Crippen LogP contribution in [-0.2, 0) is 10.0 Å². The van der Waals surface area contributed by atoms with Crippen molar-refractivity contribution in [1.29, 1.82) is 0 Å². The maximum atomic E-state index is 12.3. The highest BCUT2D eigenvalue weighted by Crippen LogP contribution is 2.33. The summed E-state index contributed by atoms with van der Waals surface area (Å²) in [5.41, 5.74) is 0.552. The van der Waals surface area contributed by atoms with Gasteiger partial charge in [-0.1, -0.05) is 17.7 Å². The minimum atomic E-state index is -3.81. The summed E-state index contributed by atoms with van der Waals surface area (Å²) in [4.78, 5) is 15.0. The zero-order valence-corrected chi connectivity index (χ0v) is 13.0. The zero-order chi connectivity index (χ0) is 15.6. The van der Waals surface area contributed by atoms with Crippen molar-refractivity contribution in [3.63, 3.8) is 0 Å². The molecule has 0 aliphatic carbocycles. The summed E-state index contributed by atoms with van der Waals surface area (Å²) in [6, 6.07) is 7.33. The molecule has 0 radical (unpaired) electrons. The summed E-state index contributed by atoms with van der Waals surface area (Å²) in [6.07, 6.45) is 1.14. The number of halogens is 1. The summed E-state index contributed by atoms with van der Waals surface area (Å²) in [6.45, 7) is 0. The SMILES string of the molecule is CN(C)c1c(Cl)cccc1NS(=O)(=O)c1ccc(=O)[nH]c1. The molecule has 0 aliphatic rings. The molecule has 0 spiro atoms. The highest BCUT2D eigenvalue weighted by Gasteiger charge is 2.18. The Balaban J connectivity index is 2.44. The average molecular weight is 328 g/mol. The van der Waals surface area contributed by atoms with Gasteiger partial charge in [0.05, 0.1) is 16.4 Å². The molecule has 0 unspecified atom stereocenters. The second-order valence-electron chi connectivity index (χ2n) is 4.52. The van der Waals surface area contributed by atoms with Gasteiger partial charge in [-0.2, -0.15) is 0 Å². The number of hydrogen-bond donors (Lipinski definition) is 2. The molecule has 2 rings (SSSR count). The monoisotopic (exact) mass is 327 g/mol. The number of nitrogens with one attached hydrogen (secondary N) is 2. The first-order chi connectivity index (χ1) is 9.81. The second-order valence-corrected chi connectivity index (χ2v) is 6.61. The number of hydrogen-bond acceptors (Lipinski definition) is 4. The zero-order valence-electron chi connectivity index (χ0n) is 11.4. The number of sulfonamides is 1. The normalized spacial score (nSPS) is 11.2. The number of aromatic nitrogens is 1. The number of rotatable bonds is 4.